The molecule has 2 atom stereocenters. The molecule has 1 amide bonds. The predicted molar refractivity (Wildman–Crippen MR) is 62.4 cm³/mol. The molecule has 0 aromatic heterocycles. The number of carbonyl (C=O) groups is 2. The van der Waals surface area contributed by atoms with E-state index in [0.29, 0.717) is 18.8 Å². The van der Waals surface area contributed by atoms with E-state index >= 15 is 0 Å². The molecule has 17 heavy (non-hydrogen) atoms. The molecule has 0 spiro atoms. The second kappa shape index (κ2) is 6.00. The number of aliphatic carboxylic acids is 1. The van der Waals surface area contributed by atoms with Gasteiger partial charge in [-0.15, -0.1) is 0 Å². The van der Waals surface area contributed by atoms with Gasteiger partial charge in [-0.3, -0.25) is 4.79 Å². The number of carboxylic acid groups (broad SMARTS) is 1. The Morgan fingerprint density at radius 1 is 1.35 bits per heavy atom. The Balaban J connectivity index is 2.41. The van der Waals surface area contributed by atoms with Crippen molar-refractivity contribution in [1.29, 1.82) is 0 Å². The summed E-state index contributed by atoms with van der Waals surface area (Å²) < 4.78 is 0. The van der Waals surface area contributed by atoms with Crippen LogP contribution in [0.3, 0.4) is 0 Å². The Morgan fingerprint density at radius 2 is 1.94 bits per heavy atom. The van der Waals surface area contributed by atoms with E-state index in [1.54, 1.807) is 0 Å². The van der Waals surface area contributed by atoms with Crippen LogP contribution in [0.25, 0.3) is 0 Å². The lowest BCUT2D eigenvalue weighted by Gasteiger charge is -2.18. The van der Waals surface area contributed by atoms with E-state index in [-0.39, 0.29) is 5.92 Å². The summed E-state index contributed by atoms with van der Waals surface area (Å²) in [6.45, 7) is 3.80. The quantitative estimate of drug-likeness (QED) is 0.616. The summed E-state index contributed by atoms with van der Waals surface area (Å²) in [6, 6.07) is -0.864. The first-order valence-electron chi connectivity index (χ1n) is 6.11. The molecule has 0 radical (unpaired) electrons. The van der Waals surface area contributed by atoms with E-state index in [2.05, 4.69) is 5.32 Å². The van der Waals surface area contributed by atoms with Gasteiger partial charge in [0.1, 0.15) is 12.1 Å². The summed E-state index contributed by atoms with van der Waals surface area (Å²) >= 11 is 0. The highest BCUT2D eigenvalue weighted by atomic mass is 16.4. The molecule has 0 heterocycles. The van der Waals surface area contributed by atoms with Crippen LogP contribution in [0.15, 0.2) is 0 Å². The summed E-state index contributed by atoms with van der Waals surface area (Å²) in [5.74, 6) is -0.991. The third kappa shape index (κ3) is 5.17. The third-order valence-electron chi connectivity index (χ3n) is 2.88. The molecule has 0 bridgehead atoms. The monoisotopic (exact) mass is 243 g/mol. The SMILES string of the molecule is CC(C)C[C@H](O)C(=O)N[C@H](CC1CC1)C(=O)O. The van der Waals surface area contributed by atoms with Crippen LogP contribution >= 0.6 is 0 Å². The van der Waals surface area contributed by atoms with E-state index in [1.165, 1.54) is 0 Å². The van der Waals surface area contributed by atoms with Crippen molar-refractivity contribution in [3.8, 4) is 0 Å². The van der Waals surface area contributed by atoms with Gasteiger partial charge in [0.2, 0.25) is 5.91 Å². The van der Waals surface area contributed by atoms with Crippen molar-refractivity contribution in [3.05, 3.63) is 0 Å². The molecule has 0 unspecified atom stereocenters. The molecule has 3 N–H and O–H groups in total. The number of hydrogen-bond donors (Lipinski definition) is 3. The smallest absolute Gasteiger partial charge is 0.326 e. The van der Waals surface area contributed by atoms with Gasteiger partial charge in [-0.2, -0.15) is 0 Å². The molecule has 1 fully saturated rings. The zero-order valence-electron chi connectivity index (χ0n) is 10.3. The minimum Gasteiger partial charge on any atom is -0.480 e. The van der Waals surface area contributed by atoms with Crippen LogP contribution in [0.1, 0.15) is 39.5 Å². The minimum atomic E-state index is -1.11. The van der Waals surface area contributed by atoms with Crippen LogP contribution < -0.4 is 5.32 Å². The average molecular weight is 243 g/mol. The molecule has 0 aromatic rings. The largest absolute Gasteiger partial charge is 0.480 e. The van der Waals surface area contributed by atoms with Gasteiger partial charge < -0.3 is 15.5 Å². The first-order chi connectivity index (χ1) is 7.90. The van der Waals surface area contributed by atoms with Gasteiger partial charge in [-0.05, 0) is 24.7 Å². The molecular weight excluding hydrogens is 222 g/mol. The van der Waals surface area contributed by atoms with Crippen LogP contribution in [0.5, 0.6) is 0 Å². The van der Waals surface area contributed by atoms with Gasteiger partial charge in [0, 0.05) is 0 Å². The highest BCUT2D eigenvalue weighted by Crippen LogP contribution is 2.33. The van der Waals surface area contributed by atoms with Crippen molar-refractivity contribution in [2.45, 2.75) is 51.7 Å². The van der Waals surface area contributed by atoms with Crippen LogP contribution in [-0.4, -0.2) is 34.2 Å². The van der Waals surface area contributed by atoms with Crippen molar-refractivity contribution >= 4 is 11.9 Å². The van der Waals surface area contributed by atoms with Gasteiger partial charge in [0.05, 0.1) is 0 Å². The normalized spacial score (nSPS) is 18.8. The molecule has 5 nitrogen and oxygen atoms in total. The summed E-state index contributed by atoms with van der Waals surface area (Å²) in [5, 5.41) is 20.9. The Morgan fingerprint density at radius 3 is 2.35 bits per heavy atom. The van der Waals surface area contributed by atoms with E-state index < -0.39 is 24.0 Å². The maximum absolute atomic E-state index is 11.6. The summed E-state index contributed by atoms with van der Waals surface area (Å²) in [5.41, 5.74) is 0. The second-order valence-electron chi connectivity index (χ2n) is 5.22. The van der Waals surface area contributed by atoms with E-state index in [9.17, 15) is 14.7 Å². The van der Waals surface area contributed by atoms with Crippen LogP contribution in [0.4, 0.5) is 0 Å². The molecule has 0 saturated heterocycles. The number of amides is 1. The molecule has 1 rings (SSSR count). The molecule has 1 aliphatic rings. The Bertz CT molecular complexity index is 286. The van der Waals surface area contributed by atoms with Gasteiger partial charge in [0.25, 0.3) is 0 Å². The number of rotatable bonds is 7. The fraction of sp³-hybridized carbons (Fsp3) is 0.833. The lowest BCUT2D eigenvalue weighted by molar-refractivity contribution is -0.143. The highest BCUT2D eigenvalue weighted by molar-refractivity contribution is 5.86. The van der Waals surface area contributed by atoms with E-state index in [4.69, 9.17) is 5.11 Å². The maximum atomic E-state index is 11.6. The number of hydrogen-bond acceptors (Lipinski definition) is 3. The van der Waals surface area contributed by atoms with Crippen LogP contribution in [-0.2, 0) is 9.59 Å². The van der Waals surface area contributed by atoms with Gasteiger partial charge in [0.15, 0.2) is 0 Å². The number of carbonyl (C=O) groups excluding carboxylic acids is 1. The number of nitrogens with one attached hydrogen (secondary N) is 1. The predicted octanol–water partition coefficient (Wildman–Crippen LogP) is 0.763. The minimum absolute atomic E-state index is 0.197. The van der Waals surface area contributed by atoms with Gasteiger partial charge in [-0.1, -0.05) is 26.7 Å². The molecule has 0 aliphatic heterocycles. The molecule has 5 heteroatoms. The zero-order valence-corrected chi connectivity index (χ0v) is 10.3. The van der Waals surface area contributed by atoms with E-state index in [1.807, 2.05) is 13.8 Å². The fourth-order valence-electron chi connectivity index (χ4n) is 1.73. The van der Waals surface area contributed by atoms with Crippen LogP contribution in [0.2, 0.25) is 0 Å². The molecular formula is C12H21NO4. The fourth-order valence-corrected chi connectivity index (χ4v) is 1.73. The lowest BCUT2D eigenvalue weighted by Crippen LogP contribution is -2.46. The summed E-state index contributed by atoms with van der Waals surface area (Å²) in [6.07, 6.45) is 1.77. The van der Waals surface area contributed by atoms with Crippen molar-refractivity contribution in [2.24, 2.45) is 11.8 Å². The molecule has 1 aliphatic carbocycles. The Kier molecular flexibility index (Phi) is 4.93. The molecule has 0 aromatic carbocycles. The second-order valence-corrected chi connectivity index (χ2v) is 5.22. The van der Waals surface area contributed by atoms with Crippen molar-refractivity contribution in [3.63, 3.8) is 0 Å². The van der Waals surface area contributed by atoms with E-state index in [0.717, 1.165) is 12.8 Å². The van der Waals surface area contributed by atoms with Gasteiger partial charge in [-0.25, -0.2) is 4.79 Å². The zero-order chi connectivity index (χ0) is 13.0. The lowest BCUT2D eigenvalue weighted by atomic mass is 10.0. The summed E-state index contributed by atoms with van der Waals surface area (Å²) in [4.78, 5) is 22.5. The first kappa shape index (κ1) is 14.0. The average Bonchev–Trinajstić information content (AvgIpc) is 2.99. The molecule has 1 saturated carbocycles. The van der Waals surface area contributed by atoms with Crippen molar-refractivity contribution in [2.75, 3.05) is 0 Å². The van der Waals surface area contributed by atoms with Crippen molar-refractivity contribution < 1.29 is 19.8 Å². The highest BCUT2D eigenvalue weighted by Gasteiger charge is 2.31. The first-order valence-corrected chi connectivity index (χ1v) is 6.11. The topological polar surface area (TPSA) is 86.6 Å². The maximum Gasteiger partial charge on any atom is 0.326 e. The summed E-state index contributed by atoms with van der Waals surface area (Å²) in [7, 11) is 0. The Labute approximate surface area is 101 Å². The number of aliphatic hydroxyl groups is 1. The number of carboxylic acids is 1. The standard InChI is InChI=1S/C12H21NO4/c1-7(2)5-10(14)11(15)13-9(12(16)17)6-8-3-4-8/h7-10,14H,3-6H2,1-2H3,(H,13,15)(H,16,17)/t9-,10+/m1/s1. The van der Waals surface area contributed by atoms with Gasteiger partial charge >= 0.3 is 5.97 Å². The third-order valence-corrected chi connectivity index (χ3v) is 2.88. The van der Waals surface area contributed by atoms with Crippen molar-refractivity contribution in [1.82, 2.24) is 5.32 Å². The Hall–Kier alpha value is -1.10. The molecule has 98 valence electrons. The van der Waals surface area contributed by atoms with Crippen LogP contribution in [0, 0.1) is 11.8 Å². The number of aliphatic hydroxyl groups excluding tert-OH is 1.